The van der Waals surface area contributed by atoms with Crippen LogP contribution in [0.4, 0.5) is 45.2 Å². The Labute approximate surface area is 485 Å². The first-order valence-corrected chi connectivity index (χ1v) is 27.8. The zero-order valence-corrected chi connectivity index (χ0v) is 47.8. The van der Waals surface area contributed by atoms with Crippen molar-refractivity contribution in [3.8, 4) is 40.1 Å². The molecule has 14 nitrogen and oxygen atoms in total. The molecule has 1 aliphatic carbocycles. The summed E-state index contributed by atoms with van der Waals surface area (Å²) in [6.07, 6.45) is -17.9. The highest BCUT2D eigenvalue weighted by molar-refractivity contribution is 7.44. The molecule has 3 amide bonds. The van der Waals surface area contributed by atoms with Crippen LogP contribution in [0.3, 0.4) is 0 Å². The molecule has 0 spiro atoms. The summed E-state index contributed by atoms with van der Waals surface area (Å²) in [4.78, 5) is 42.3. The fourth-order valence-corrected chi connectivity index (χ4v) is 11.5. The van der Waals surface area contributed by atoms with Crippen molar-refractivity contribution in [3.05, 3.63) is 168 Å². The number of carbonyl (C=O) groups excluding carboxylic acids is 3. The van der Waals surface area contributed by atoms with Gasteiger partial charge in [-0.3, -0.25) is 14.4 Å². The van der Waals surface area contributed by atoms with Crippen LogP contribution < -0.4 is 25.4 Å². The molecule has 1 heterocycles. The maximum absolute atomic E-state index is 15.2. The van der Waals surface area contributed by atoms with Crippen LogP contribution in [0.2, 0.25) is 0 Å². The third-order valence-electron chi connectivity index (χ3n) is 13.5. The van der Waals surface area contributed by atoms with E-state index in [4.69, 9.17) is 28.5 Å². The predicted octanol–water partition coefficient (Wildman–Crippen LogP) is 11.6. The largest absolute Gasteiger partial charge is 0.497 e. The van der Waals surface area contributed by atoms with Crippen molar-refractivity contribution in [3.63, 3.8) is 0 Å². The summed E-state index contributed by atoms with van der Waals surface area (Å²) in [6.45, 7) is 5.05. The first kappa shape index (κ1) is 64.7. The molecule has 5 aromatic carbocycles. The second-order valence-corrected chi connectivity index (χ2v) is 21.3. The average molecular weight is 1210 g/mol. The van der Waals surface area contributed by atoms with Crippen LogP contribution in [0.1, 0.15) is 57.2 Å². The van der Waals surface area contributed by atoms with Gasteiger partial charge < -0.3 is 38.0 Å². The Morgan fingerprint density at radius 3 is 1.80 bits per heavy atom. The minimum atomic E-state index is -5.48. The Morgan fingerprint density at radius 1 is 0.694 bits per heavy atom. The summed E-state index contributed by atoms with van der Waals surface area (Å²) in [5.41, 5.74) is 0.706. The van der Waals surface area contributed by atoms with Crippen LogP contribution >= 0.6 is 8.53 Å². The van der Waals surface area contributed by atoms with Crippen molar-refractivity contribution >= 4 is 42.7 Å². The van der Waals surface area contributed by atoms with Crippen LogP contribution in [0.15, 0.2) is 151 Å². The SMILES string of the molecule is COc1ccc(C(OCC(CN(CCCn2c3cc(=NC(=O)C(F)(F)F)ccc-3c3ccc(NC(=O)C(F)(F)F)cc3c2-c2ccccc2)C(=O)C(F)(F)F)OP(OCCC#[NH+])N(C(C)C)C(C)C)(c2ccccc2)c2ccc(OC)cc2)cc1. The molecule has 0 saturated carbocycles. The molecule has 0 aromatic heterocycles. The van der Waals surface area contributed by atoms with Crippen LogP contribution in [-0.4, -0.2) is 109 Å². The second-order valence-electron chi connectivity index (χ2n) is 19.9. The zero-order chi connectivity index (χ0) is 61.9. The molecular weight excluding hydrogens is 1150 g/mol. The number of methoxy groups -OCH3 is 2. The molecule has 2 unspecified atom stereocenters. The summed E-state index contributed by atoms with van der Waals surface area (Å²) in [5.74, 6) is -5.99. The van der Waals surface area contributed by atoms with E-state index < -0.39 is 81.5 Å². The van der Waals surface area contributed by atoms with E-state index in [0.717, 1.165) is 12.1 Å². The Kier molecular flexibility index (Phi) is 21.2. The van der Waals surface area contributed by atoms with E-state index >= 15 is 13.2 Å². The molecule has 2 atom stereocenters. The second kappa shape index (κ2) is 27.9. The minimum absolute atomic E-state index is 0.0297. The number of hydrogen-bond acceptors (Lipinski definition) is 9. The Balaban J connectivity index is 1.40. The minimum Gasteiger partial charge on any atom is -0.497 e. The zero-order valence-electron chi connectivity index (χ0n) is 46.9. The molecular formula is C61H61F9N6O8P+. The molecule has 7 rings (SSSR count). The van der Waals surface area contributed by atoms with E-state index in [2.05, 4.69) is 11.1 Å². The fraction of sp³-hybridized carbons (Fsp3) is 0.328. The number of alkyl halides is 9. The van der Waals surface area contributed by atoms with Gasteiger partial charge in [0.15, 0.2) is 0 Å². The lowest BCUT2D eigenvalue weighted by molar-refractivity contribution is -0.187. The van der Waals surface area contributed by atoms with Crippen LogP contribution in [0.25, 0.3) is 33.3 Å². The average Bonchev–Trinajstić information content (AvgIpc) is 0.873. The van der Waals surface area contributed by atoms with Gasteiger partial charge in [-0.25, -0.2) is 9.66 Å². The lowest BCUT2D eigenvalue weighted by atomic mass is 9.80. The predicted molar refractivity (Wildman–Crippen MR) is 300 cm³/mol. The van der Waals surface area contributed by atoms with Crippen molar-refractivity contribution in [2.24, 2.45) is 4.99 Å². The van der Waals surface area contributed by atoms with Crippen molar-refractivity contribution < 1.29 is 82.4 Å². The number of pyridine rings is 1. The van der Waals surface area contributed by atoms with E-state index in [1.165, 1.54) is 43.1 Å². The van der Waals surface area contributed by atoms with Crippen molar-refractivity contribution in [1.82, 2.24) is 14.1 Å². The molecule has 0 radical (unpaired) electrons. The Hall–Kier alpha value is -7.87. The number of benzene rings is 6. The first-order chi connectivity index (χ1) is 40.3. The standard InChI is InChI=1S/C61H60F9N6O8P/c1-39(2)76(40(3)4)85(83-34-13-31-71)84-49(38-82-58(42-17-11-8-12-18-42,43-19-25-47(80-5)26-20-43)44-21-27-48(81-6)28-22-44)37-74(57(79)61(68,69)70)32-14-33-75-53-36-46(73-56(78)60(65,66)67)24-30-51(53)50-29-23-45(72-55(77)59(62,63)64)35-52(50)54(75)41-15-9-7-10-16-41/h7-12,15-30,35-36,39-40,49H,13-14,32-34,37-38H2,1-6H3,(H,72,77)/p+1. The maximum Gasteiger partial charge on any atom is 0.473 e. The molecule has 2 N–H and O–H groups in total. The van der Waals surface area contributed by atoms with Gasteiger partial charge in [0.05, 0.1) is 44.2 Å². The van der Waals surface area contributed by atoms with Gasteiger partial charge in [-0.2, -0.15) is 39.5 Å². The summed E-state index contributed by atoms with van der Waals surface area (Å²) in [7, 11) is 0.776. The van der Waals surface area contributed by atoms with Crippen LogP contribution in [-0.2, 0) is 40.3 Å². The Morgan fingerprint density at radius 2 is 1.27 bits per heavy atom. The highest BCUT2D eigenvalue weighted by atomic mass is 31.2. The number of ether oxygens (including phenoxy) is 3. The van der Waals surface area contributed by atoms with Gasteiger partial charge in [0.2, 0.25) is 0 Å². The fourth-order valence-electron chi connectivity index (χ4n) is 9.84. The maximum atomic E-state index is 15.2. The molecule has 0 bridgehead atoms. The summed E-state index contributed by atoms with van der Waals surface area (Å²) in [5, 5.41) is 9.47. The first-order valence-electron chi connectivity index (χ1n) is 26.6. The topological polar surface area (TPSA) is 157 Å². The quantitative estimate of drug-likeness (QED) is 0.0198. The highest BCUT2D eigenvalue weighted by Crippen LogP contribution is 2.49. The van der Waals surface area contributed by atoms with Gasteiger partial charge in [0.25, 0.3) is 14.6 Å². The lowest BCUT2D eigenvalue weighted by Crippen LogP contribution is -2.48. The molecule has 450 valence electrons. The Bertz CT molecular complexity index is 3430. The summed E-state index contributed by atoms with van der Waals surface area (Å²) >= 11 is 0. The summed E-state index contributed by atoms with van der Waals surface area (Å²) in [6, 6.07) is 40.2. The van der Waals surface area contributed by atoms with Crippen molar-refractivity contribution in [1.29, 1.82) is 0 Å². The molecule has 0 saturated heterocycles. The van der Waals surface area contributed by atoms with Gasteiger partial charge in [-0.1, -0.05) is 97.1 Å². The number of hydrogen-bond donors (Lipinski definition) is 2. The van der Waals surface area contributed by atoms with Crippen molar-refractivity contribution in [2.75, 3.05) is 45.8 Å². The normalized spacial score (nSPS) is 13.3. The van der Waals surface area contributed by atoms with Crippen molar-refractivity contribution in [2.45, 2.75) is 89.4 Å². The number of anilines is 1. The van der Waals surface area contributed by atoms with E-state index in [9.17, 15) is 40.7 Å². The third-order valence-corrected chi connectivity index (χ3v) is 15.7. The van der Waals surface area contributed by atoms with Gasteiger partial charge in [-0.15, -0.1) is 5.26 Å². The molecule has 5 aromatic rings. The number of fused-ring (bicyclic) bond motifs is 3. The molecule has 85 heavy (non-hydrogen) atoms. The van der Waals surface area contributed by atoms with E-state index in [-0.39, 0.29) is 66.1 Å². The number of halogens is 9. The number of nitrogens with one attached hydrogen (secondary N) is 2. The van der Waals surface area contributed by atoms with Crippen LogP contribution in [0, 0.1) is 6.07 Å². The smallest absolute Gasteiger partial charge is 0.473 e. The number of aromatic nitrogens is 1. The third kappa shape index (κ3) is 15.7. The van der Waals surface area contributed by atoms with Gasteiger partial charge in [0, 0.05) is 48.4 Å². The lowest BCUT2D eigenvalue weighted by Gasteiger charge is -2.40. The van der Waals surface area contributed by atoms with Crippen LogP contribution in [0.5, 0.6) is 11.5 Å². The number of amides is 3. The molecule has 0 fully saturated rings. The molecule has 2 aliphatic rings. The number of nitrogens with zero attached hydrogens (tertiary/aromatic N) is 4. The monoisotopic (exact) mass is 1210 g/mol. The van der Waals surface area contributed by atoms with Gasteiger partial charge in [-0.05, 0) is 110 Å². The number of carbonyl (C=O) groups is 3. The molecule has 1 aliphatic heterocycles. The summed E-state index contributed by atoms with van der Waals surface area (Å²) < 4.78 is 162. The van der Waals surface area contributed by atoms with Gasteiger partial charge >= 0.3 is 36.3 Å². The highest BCUT2D eigenvalue weighted by Gasteiger charge is 2.45. The van der Waals surface area contributed by atoms with Gasteiger partial charge in [0.1, 0.15) is 29.6 Å². The van der Waals surface area contributed by atoms with E-state index in [0.29, 0.717) is 44.0 Å². The number of rotatable bonds is 24. The van der Waals surface area contributed by atoms with E-state index in [1.807, 2.05) is 49.8 Å². The molecule has 24 heteroatoms. The van der Waals surface area contributed by atoms with E-state index in [1.54, 1.807) is 97.1 Å².